The van der Waals surface area contributed by atoms with Gasteiger partial charge >= 0.3 is 5.97 Å². The van der Waals surface area contributed by atoms with Gasteiger partial charge in [-0.1, -0.05) is 6.92 Å². The van der Waals surface area contributed by atoms with E-state index in [1.54, 1.807) is 19.1 Å². The number of rotatable bonds is 9. The lowest BCUT2D eigenvalue weighted by Gasteiger charge is -2.23. The molecule has 1 aromatic rings. The Bertz CT molecular complexity index is 495. The van der Waals surface area contributed by atoms with E-state index in [2.05, 4.69) is 0 Å². The van der Waals surface area contributed by atoms with Crippen molar-refractivity contribution in [3.8, 4) is 0 Å². The lowest BCUT2D eigenvalue weighted by Crippen LogP contribution is -2.41. The van der Waals surface area contributed by atoms with Crippen molar-refractivity contribution in [1.82, 2.24) is 4.90 Å². The Labute approximate surface area is 133 Å². The molecule has 1 N–H and O–H groups in total. The monoisotopic (exact) mass is 329 g/mol. The van der Waals surface area contributed by atoms with E-state index < -0.39 is 5.97 Å². The molecule has 1 rings (SSSR count). The molecular formula is C15H20FNO4S. The maximum atomic E-state index is 12.8. The molecule has 7 heteroatoms. The number of thioether (sulfide) groups is 1. The summed E-state index contributed by atoms with van der Waals surface area (Å²) in [7, 11) is 1.50. The van der Waals surface area contributed by atoms with E-state index in [0.717, 1.165) is 4.90 Å². The topological polar surface area (TPSA) is 66.8 Å². The normalized spacial score (nSPS) is 12.0. The van der Waals surface area contributed by atoms with E-state index in [9.17, 15) is 14.0 Å². The van der Waals surface area contributed by atoms with Crippen LogP contribution in [0, 0.1) is 11.7 Å². The molecule has 0 saturated carbocycles. The van der Waals surface area contributed by atoms with Crippen LogP contribution in [0.1, 0.15) is 6.92 Å². The van der Waals surface area contributed by atoms with Gasteiger partial charge in [-0.3, -0.25) is 9.59 Å². The van der Waals surface area contributed by atoms with Gasteiger partial charge in [0.15, 0.2) is 0 Å². The quantitative estimate of drug-likeness (QED) is 0.703. The van der Waals surface area contributed by atoms with Crippen molar-refractivity contribution in [3.63, 3.8) is 0 Å². The third-order valence-electron chi connectivity index (χ3n) is 2.94. The Morgan fingerprint density at radius 1 is 1.36 bits per heavy atom. The number of benzene rings is 1. The molecule has 122 valence electrons. The van der Waals surface area contributed by atoms with Gasteiger partial charge in [0, 0.05) is 30.2 Å². The highest BCUT2D eigenvalue weighted by atomic mass is 32.2. The number of halogens is 1. The third kappa shape index (κ3) is 6.44. The van der Waals surface area contributed by atoms with Crippen LogP contribution in [0.15, 0.2) is 29.2 Å². The minimum atomic E-state index is -1.05. The molecule has 1 aromatic carbocycles. The molecule has 1 atom stereocenters. The van der Waals surface area contributed by atoms with Crippen molar-refractivity contribution in [2.45, 2.75) is 11.8 Å². The SMILES string of the molecule is COCCN(CC(=O)O)C(=O)C(C)CSc1ccc(F)cc1. The van der Waals surface area contributed by atoms with Crippen LogP contribution < -0.4 is 0 Å². The standard InChI is InChI=1S/C15H20FNO4S/c1-11(10-22-13-5-3-12(16)4-6-13)15(20)17(7-8-21-2)9-14(18)19/h3-6,11H,7-10H2,1-2H3,(H,18,19). The second-order valence-corrected chi connectivity index (χ2v) is 5.91. The summed E-state index contributed by atoms with van der Waals surface area (Å²) in [5, 5.41) is 8.87. The summed E-state index contributed by atoms with van der Waals surface area (Å²) in [5.41, 5.74) is 0. The van der Waals surface area contributed by atoms with Crippen LogP contribution in [0.4, 0.5) is 4.39 Å². The molecular weight excluding hydrogens is 309 g/mol. The minimum absolute atomic E-state index is 0.228. The molecule has 0 radical (unpaired) electrons. The first-order valence-electron chi connectivity index (χ1n) is 6.82. The lowest BCUT2D eigenvalue weighted by molar-refractivity contribution is -0.146. The third-order valence-corrected chi connectivity index (χ3v) is 4.21. The molecule has 0 aliphatic carbocycles. The number of hydrogen-bond donors (Lipinski definition) is 1. The Balaban J connectivity index is 2.56. The number of amides is 1. The van der Waals surface area contributed by atoms with Gasteiger partial charge in [-0.05, 0) is 24.3 Å². The molecule has 0 saturated heterocycles. The number of aliphatic carboxylic acids is 1. The van der Waals surface area contributed by atoms with Gasteiger partial charge in [-0.2, -0.15) is 0 Å². The summed E-state index contributed by atoms with van der Waals surface area (Å²) < 4.78 is 17.7. The van der Waals surface area contributed by atoms with Crippen LogP contribution in [-0.4, -0.2) is 54.4 Å². The molecule has 1 unspecified atom stereocenters. The van der Waals surface area contributed by atoms with Crippen LogP contribution in [0.25, 0.3) is 0 Å². The van der Waals surface area contributed by atoms with Crippen LogP contribution in [0.5, 0.6) is 0 Å². The van der Waals surface area contributed by atoms with E-state index >= 15 is 0 Å². The van der Waals surface area contributed by atoms with Crippen molar-refractivity contribution in [2.24, 2.45) is 5.92 Å². The zero-order chi connectivity index (χ0) is 16.5. The molecule has 0 spiro atoms. The zero-order valence-corrected chi connectivity index (χ0v) is 13.4. The highest BCUT2D eigenvalue weighted by molar-refractivity contribution is 7.99. The number of carboxylic acids is 1. The van der Waals surface area contributed by atoms with Crippen LogP contribution in [0.2, 0.25) is 0 Å². The predicted molar refractivity (Wildman–Crippen MR) is 82.4 cm³/mol. The first-order valence-corrected chi connectivity index (χ1v) is 7.80. The van der Waals surface area contributed by atoms with Crippen molar-refractivity contribution in [3.05, 3.63) is 30.1 Å². The fraction of sp³-hybridized carbons (Fsp3) is 0.467. The van der Waals surface area contributed by atoms with Gasteiger partial charge in [-0.15, -0.1) is 11.8 Å². The Kier molecular flexibility index (Phi) is 7.90. The predicted octanol–water partition coefficient (Wildman–Crippen LogP) is 2.11. The fourth-order valence-electron chi connectivity index (χ4n) is 1.77. The number of hydrogen-bond acceptors (Lipinski definition) is 4. The number of methoxy groups -OCH3 is 1. The van der Waals surface area contributed by atoms with E-state index in [-0.39, 0.29) is 37.3 Å². The van der Waals surface area contributed by atoms with E-state index in [1.165, 1.54) is 35.9 Å². The molecule has 0 fully saturated rings. The molecule has 22 heavy (non-hydrogen) atoms. The van der Waals surface area contributed by atoms with Gasteiger partial charge in [-0.25, -0.2) is 4.39 Å². The van der Waals surface area contributed by atoms with Crippen LogP contribution in [-0.2, 0) is 14.3 Å². The molecule has 0 aromatic heterocycles. The maximum Gasteiger partial charge on any atom is 0.323 e. The number of carbonyl (C=O) groups is 2. The highest BCUT2D eigenvalue weighted by Crippen LogP contribution is 2.21. The molecule has 1 amide bonds. The van der Waals surface area contributed by atoms with E-state index in [1.807, 2.05) is 0 Å². The average Bonchev–Trinajstić information content (AvgIpc) is 2.49. The number of ether oxygens (including phenoxy) is 1. The summed E-state index contributed by atoms with van der Waals surface area (Å²) in [4.78, 5) is 25.3. The van der Waals surface area contributed by atoms with Crippen molar-refractivity contribution < 1.29 is 23.8 Å². The van der Waals surface area contributed by atoms with Gasteiger partial charge in [0.1, 0.15) is 12.4 Å². The first-order chi connectivity index (χ1) is 10.4. The largest absolute Gasteiger partial charge is 0.480 e. The van der Waals surface area contributed by atoms with Crippen LogP contribution >= 0.6 is 11.8 Å². The maximum absolute atomic E-state index is 12.8. The molecule has 5 nitrogen and oxygen atoms in total. The summed E-state index contributed by atoms with van der Waals surface area (Å²) in [6, 6.07) is 6.03. The summed E-state index contributed by atoms with van der Waals surface area (Å²) in [6.07, 6.45) is 0. The van der Waals surface area contributed by atoms with E-state index in [0.29, 0.717) is 5.75 Å². The second kappa shape index (κ2) is 9.42. The molecule has 0 aliphatic rings. The minimum Gasteiger partial charge on any atom is -0.480 e. The summed E-state index contributed by atoms with van der Waals surface area (Å²) in [5.74, 6) is -1.43. The van der Waals surface area contributed by atoms with Crippen molar-refractivity contribution in [1.29, 1.82) is 0 Å². The number of carboxylic acid groups (broad SMARTS) is 1. The van der Waals surface area contributed by atoms with Crippen LogP contribution in [0.3, 0.4) is 0 Å². The summed E-state index contributed by atoms with van der Waals surface area (Å²) >= 11 is 1.43. The smallest absolute Gasteiger partial charge is 0.323 e. The van der Waals surface area contributed by atoms with Gasteiger partial charge in [0.05, 0.1) is 6.61 Å². The second-order valence-electron chi connectivity index (χ2n) is 4.81. The molecule has 0 aliphatic heterocycles. The van der Waals surface area contributed by atoms with Gasteiger partial charge < -0.3 is 14.7 Å². The Morgan fingerprint density at radius 3 is 2.55 bits per heavy atom. The lowest BCUT2D eigenvalue weighted by atomic mass is 10.2. The average molecular weight is 329 g/mol. The van der Waals surface area contributed by atoms with Gasteiger partial charge in [0.25, 0.3) is 0 Å². The van der Waals surface area contributed by atoms with E-state index in [4.69, 9.17) is 9.84 Å². The number of carbonyl (C=O) groups excluding carboxylic acids is 1. The fourth-order valence-corrected chi connectivity index (χ4v) is 2.68. The Morgan fingerprint density at radius 2 is 2.00 bits per heavy atom. The molecule has 0 heterocycles. The van der Waals surface area contributed by atoms with Crippen molar-refractivity contribution in [2.75, 3.05) is 32.6 Å². The number of nitrogens with zero attached hydrogens (tertiary/aromatic N) is 1. The first kappa shape index (κ1) is 18.4. The zero-order valence-electron chi connectivity index (χ0n) is 12.6. The van der Waals surface area contributed by atoms with Gasteiger partial charge in [0.2, 0.25) is 5.91 Å². The highest BCUT2D eigenvalue weighted by Gasteiger charge is 2.22. The molecule has 0 bridgehead atoms. The Hall–Kier alpha value is -1.60. The summed E-state index contributed by atoms with van der Waals surface area (Å²) in [6.45, 7) is 1.94. The van der Waals surface area contributed by atoms with Crippen molar-refractivity contribution >= 4 is 23.6 Å².